The van der Waals surface area contributed by atoms with Crippen LogP contribution in [0.5, 0.6) is 0 Å². The van der Waals surface area contributed by atoms with E-state index in [1.54, 1.807) is 0 Å². The summed E-state index contributed by atoms with van der Waals surface area (Å²) in [5.74, 6) is 1.20. The van der Waals surface area contributed by atoms with Crippen LogP contribution in [0.3, 0.4) is 0 Å². The standard InChI is InChI=1S/C43H58N2O/c1-8-10-12-14-16-18-26-43(27-19-17-15-13-11-9-2)37-29-31(3)20-25-35(37)39-36(28-32(4)30-38(39)43)41-45-44-40(46-41)33-21-23-34(24-22-33)42(5,6)7/h20-25,28-30H,8-19,26-27H2,1-7H3. The highest BCUT2D eigenvalue weighted by atomic mass is 16.4. The second kappa shape index (κ2) is 15.1. The minimum Gasteiger partial charge on any atom is -0.416 e. The van der Waals surface area contributed by atoms with Crippen LogP contribution in [0.2, 0.25) is 0 Å². The van der Waals surface area contributed by atoms with E-state index < -0.39 is 0 Å². The van der Waals surface area contributed by atoms with Gasteiger partial charge >= 0.3 is 0 Å². The van der Waals surface area contributed by atoms with Crippen LogP contribution < -0.4 is 0 Å². The fraction of sp³-hybridized carbons (Fsp3) is 0.535. The summed E-state index contributed by atoms with van der Waals surface area (Å²) in [6.45, 7) is 15.8. The van der Waals surface area contributed by atoms with Crippen LogP contribution in [-0.4, -0.2) is 10.2 Å². The molecule has 0 amide bonds. The van der Waals surface area contributed by atoms with Crippen molar-refractivity contribution >= 4 is 0 Å². The van der Waals surface area contributed by atoms with Crippen LogP contribution in [0.25, 0.3) is 34.0 Å². The number of aryl methyl sites for hydroxylation is 2. The molecule has 46 heavy (non-hydrogen) atoms. The van der Waals surface area contributed by atoms with E-state index in [0.29, 0.717) is 11.8 Å². The van der Waals surface area contributed by atoms with Crippen LogP contribution in [0.4, 0.5) is 0 Å². The highest BCUT2D eigenvalue weighted by molar-refractivity contribution is 5.91. The molecule has 4 aromatic rings. The normalized spacial score (nSPS) is 13.6. The van der Waals surface area contributed by atoms with Crippen LogP contribution >= 0.6 is 0 Å². The molecule has 0 bridgehead atoms. The van der Waals surface area contributed by atoms with Gasteiger partial charge in [0.2, 0.25) is 11.8 Å². The first-order valence-corrected chi connectivity index (χ1v) is 18.4. The molecule has 1 heterocycles. The molecule has 246 valence electrons. The minimum atomic E-state index is 0.0264. The van der Waals surface area contributed by atoms with Gasteiger partial charge in [0.15, 0.2) is 0 Å². The first-order chi connectivity index (χ1) is 22.2. The summed E-state index contributed by atoms with van der Waals surface area (Å²) >= 11 is 0. The zero-order chi connectivity index (χ0) is 32.7. The third-order valence-electron chi connectivity index (χ3n) is 10.3. The van der Waals surface area contributed by atoms with Gasteiger partial charge in [-0.25, -0.2) is 0 Å². The molecule has 1 aromatic heterocycles. The van der Waals surface area contributed by atoms with Crippen molar-refractivity contribution in [3.05, 3.63) is 82.4 Å². The van der Waals surface area contributed by atoms with Crippen molar-refractivity contribution in [2.75, 3.05) is 0 Å². The molecule has 0 saturated heterocycles. The number of unbranched alkanes of at least 4 members (excludes halogenated alkanes) is 10. The Hall–Kier alpha value is -3.20. The van der Waals surface area contributed by atoms with Crippen molar-refractivity contribution in [1.82, 2.24) is 10.2 Å². The highest BCUT2D eigenvalue weighted by Crippen LogP contribution is 2.57. The Morgan fingerprint density at radius 3 is 1.76 bits per heavy atom. The molecule has 0 saturated carbocycles. The predicted octanol–water partition coefficient (Wildman–Crippen LogP) is 13.1. The van der Waals surface area contributed by atoms with E-state index in [0.717, 1.165) is 11.1 Å². The van der Waals surface area contributed by atoms with E-state index >= 15 is 0 Å². The maximum absolute atomic E-state index is 6.52. The zero-order valence-corrected chi connectivity index (χ0v) is 29.9. The molecule has 0 unspecified atom stereocenters. The van der Waals surface area contributed by atoms with Gasteiger partial charge in [-0.3, -0.25) is 0 Å². The molecular weight excluding hydrogens is 560 g/mol. The van der Waals surface area contributed by atoms with Gasteiger partial charge in [0.25, 0.3) is 0 Å². The number of aromatic nitrogens is 2. The van der Waals surface area contributed by atoms with E-state index in [2.05, 4.69) is 113 Å². The summed E-state index contributed by atoms with van der Waals surface area (Å²) in [5, 5.41) is 9.25. The Morgan fingerprint density at radius 2 is 1.15 bits per heavy atom. The Balaban J connectivity index is 1.55. The lowest BCUT2D eigenvalue weighted by Gasteiger charge is -2.33. The minimum absolute atomic E-state index is 0.0264. The second-order valence-corrected chi connectivity index (χ2v) is 15.1. The smallest absolute Gasteiger partial charge is 0.248 e. The van der Waals surface area contributed by atoms with Crippen molar-refractivity contribution < 1.29 is 4.42 Å². The topological polar surface area (TPSA) is 38.9 Å². The first-order valence-electron chi connectivity index (χ1n) is 18.4. The molecule has 0 radical (unpaired) electrons. The molecule has 0 spiro atoms. The maximum Gasteiger partial charge on any atom is 0.248 e. The average molecular weight is 619 g/mol. The number of rotatable bonds is 16. The lowest BCUT2D eigenvalue weighted by Crippen LogP contribution is -2.26. The third-order valence-corrected chi connectivity index (χ3v) is 10.3. The molecule has 3 aromatic carbocycles. The van der Waals surface area contributed by atoms with Gasteiger partial charge in [0.05, 0.1) is 0 Å². The fourth-order valence-corrected chi connectivity index (χ4v) is 7.68. The molecular formula is C43H58N2O. The highest BCUT2D eigenvalue weighted by Gasteiger charge is 2.44. The number of nitrogens with zero attached hydrogens (tertiary/aromatic N) is 2. The molecule has 0 atom stereocenters. The van der Waals surface area contributed by atoms with Crippen LogP contribution in [0.1, 0.15) is 152 Å². The van der Waals surface area contributed by atoms with E-state index in [4.69, 9.17) is 4.42 Å². The molecule has 0 fully saturated rings. The number of benzene rings is 3. The Morgan fingerprint density at radius 1 is 0.587 bits per heavy atom. The van der Waals surface area contributed by atoms with Crippen molar-refractivity contribution in [2.45, 2.75) is 149 Å². The van der Waals surface area contributed by atoms with E-state index in [1.807, 2.05) is 0 Å². The second-order valence-electron chi connectivity index (χ2n) is 15.1. The summed E-state index contributed by atoms with van der Waals surface area (Å²) in [5.41, 5.74) is 11.8. The Labute approximate surface area is 279 Å². The average Bonchev–Trinajstić information content (AvgIpc) is 3.62. The summed E-state index contributed by atoms with van der Waals surface area (Å²) in [4.78, 5) is 0. The zero-order valence-electron chi connectivity index (χ0n) is 29.9. The Bertz CT molecular complexity index is 1550. The Kier molecular flexibility index (Phi) is 11.2. The van der Waals surface area contributed by atoms with Crippen LogP contribution in [-0.2, 0) is 10.8 Å². The summed E-state index contributed by atoms with van der Waals surface area (Å²) in [6, 6.07) is 20.5. The lowest BCUT2D eigenvalue weighted by molar-refractivity contribution is 0.397. The molecule has 1 aliphatic rings. The van der Waals surface area contributed by atoms with Crippen LogP contribution in [0.15, 0.2) is 59.0 Å². The van der Waals surface area contributed by atoms with Gasteiger partial charge in [-0.1, -0.05) is 154 Å². The summed E-state index contributed by atoms with van der Waals surface area (Å²) in [7, 11) is 0. The predicted molar refractivity (Wildman–Crippen MR) is 196 cm³/mol. The van der Waals surface area contributed by atoms with Crippen LogP contribution in [0, 0.1) is 13.8 Å². The molecule has 5 rings (SSSR count). The molecule has 3 nitrogen and oxygen atoms in total. The van der Waals surface area contributed by atoms with E-state index in [9.17, 15) is 0 Å². The summed E-state index contributed by atoms with van der Waals surface area (Å²) < 4.78 is 6.52. The molecule has 3 heteroatoms. The van der Waals surface area contributed by atoms with Gasteiger partial charge in [0.1, 0.15) is 0 Å². The van der Waals surface area contributed by atoms with Gasteiger partial charge in [-0.15, -0.1) is 10.2 Å². The monoisotopic (exact) mass is 618 g/mol. The first kappa shape index (κ1) is 34.1. The van der Waals surface area contributed by atoms with E-state index in [1.165, 1.54) is 129 Å². The molecule has 1 aliphatic carbocycles. The summed E-state index contributed by atoms with van der Waals surface area (Å²) in [6.07, 6.45) is 18.3. The molecule has 0 aliphatic heterocycles. The van der Waals surface area contributed by atoms with Gasteiger partial charge < -0.3 is 4.42 Å². The van der Waals surface area contributed by atoms with Crippen molar-refractivity contribution in [2.24, 2.45) is 0 Å². The number of hydrogen-bond acceptors (Lipinski definition) is 3. The fourth-order valence-electron chi connectivity index (χ4n) is 7.68. The molecule has 0 N–H and O–H groups in total. The largest absolute Gasteiger partial charge is 0.416 e. The number of hydrogen-bond donors (Lipinski definition) is 0. The van der Waals surface area contributed by atoms with Crippen molar-refractivity contribution in [1.29, 1.82) is 0 Å². The maximum atomic E-state index is 6.52. The quantitative estimate of drug-likeness (QED) is 0.117. The van der Waals surface area contributed by atoms with E-state index in [-0.39, 0.29) is 10.8 Å². The van der Waals surface area contributed by atoms with Gasteiger partial charge in [-0.05, 0) is 83.7 Å². The third kappa shape index (κ3) is 7.50. The van der Waals surface area contributed by atoms with Gasteiger partial charge in [0, 0.05) is 16.5 Å². The lowest BCUT2D eigenvalue weighted by atomic mass is 9.70. The van der Waals surface area contributed by atoms with Crippen molar-refractivity contribution in [3.8, 4) is 34.0 Å². The SMILES string of the molecule is CCCCCCCCC1(CCCCCCCC)c2cc(C)ccc2-c2c(-c3nnc(-c4ccc(C(C)(C)C)cc4)o3)cc(C)cc21. The van der Waals surface area contributed by atoms with Crippen molar-refractivity contribution in [3.63, 3.8) is 0 Å². The van der Waals surface area contributed by atoms with Gasteiger partial charge in [-0.2, -0.15) is 0 Å². The number of fused-ring (bicyclic) bond motifs is 3.